The van der Waals surface area contributed by atoms with Crippen molar-refractivity contribution >= 4 is 17.9 Å². The zero-order chi connectivity index (χ0) is 53.6. The Morgan fingerprint density at radius 2 is 0.527 bits per heavy atom. The summed E-state index contributed by atoms with van der Waals surface area (Å²) in [6.07, 6.45) is 86.2. The number of hydrogen-bond donors (Lipinski definition) is 0. The zero-order valence-electron chi connectivity index (χ0n) is 47.8. The maximum Gasteiger partial charge on any atom is 0.306 e. The van der Waals surface area contributed by atoms with E-state index in [0.717, 1.165) is 148 Å². The van der Waals surface area contributed by atoms with Gasteiger partial charge < -0.3 is 14.2 Å². The smallest absolute Gasteiger partial charge is 0.306 e. The molecule has 74 heavy (non-hydrogen) atoms. The summed E-state index contributed by atoms with van der Waals surface area (Å²) in [5.74, 6) is -0.936. The molecule has 6 nitrogen and oxygen atoms in total. The first kappa shape index (κ1) is 69.5. The minimum Gasteiger partial charge on any atom is -0.462 e. The van der Waals surface area contributed by atoms with Gasteiger partial charge in [0.15, 0.2) is 6.10 Å². The van der Waals surface area contributed by atoms with E-state index < -0.39 is 6.10 Å². The van der Waals surface area contributed by atoms with E-state index in [0.29, 0.717) is 19.3 Å². The van der Waals surface area contributed by atoms with Crippen LogP contribution in [0.5, 0.6) is 0 Å². The summed E-state index contributed by atoms with van der Waals surface area (Å²) in [5, 5.41) is 0. The van der Waals surface area contributed by atoms with Gasteiger partial charge in [0.2, 0.25) is 0 Å². The van der Waals surface area contributed by atoms with Crippen LogP contribution in [0.3, 0.4) is 0 Å². The van der Waals surface area contributed by atoms with E-state index in [2.05, 4.69) is 154 Å². The third-order valence-corrected chi connectivity index (χ3v) is 12.4. The number of unbranched alkanes of at least 4 members (excludes halogenated alkanes) is 20. The SMILES string of the molecule is CC/C=C\C/C=C\C/C=C\C/C=C\C/C=C\C/C=C\C/C=C\C/C=C\C/C=C\C/C=C\CCCCCCC(=O)OCC(COC(=O)CCCCCCCCC)OC(=O)CCCCCCC/C=C\CCCCCCC. The van der Waals surface area contributed by atoms with Gasteiger partial charge in [-0.25, -0.2) is 0 Å². The number of esters is 3. The molecule has 0 spiro atoms. The molecule has 0 aliphatic heterocycles. The Morgan fingerprint density at radius 1 is 0.284 bits per heavy atom. The average Bonchev–Trinajstić information content (AvgIpc) is 3.40. The first-order chi connectivity index (χ1) is 36.5. The van der Waals surface area contributed by atoms with Crippen molar-refractivity contribution in [2.45, 2.75) is 264 Å². The first-order valence-electron chi connectivity index (χ1n) is 30.2. The number of ether oxygens (including phenoxy) is 3. The number of rotatable bonds is 53. The highest BCUT2D eigenvalue weighted by Crippen LogP contribution is 2.13. The van der Waals surface area contributed by atoms with Crippen LogP contribution in [-0.2, 0) is 28.6 Å². The summed E-state index contributed by atoms with van der Waals surface area (Å²) in [6, 6.07) is 0. The topological polar surface area (TPSA) is 78.9 Å². The van der Waals surface area contributed by atoms with Crippen molar-refractivity contribution < 1.29 is 28.6 Å². The van der Waals surface area contributed by atoms with E-state index in [9.17, 15) is 14.4 Å². The predicted molar refractivity (Wildman–Crippen MR) is 320 cm³/mol. The Bertz CT molecular complexity index is 1600. The maximum absolute atomic E-state index is 12.8. The second-order valence-electron chi connectivity index (χ2n) is 19.5. The molecule has 0 aliphatic carbocycles. The van der Waals surface area contributed by atoms with Crippen LogP contribution in [0.15, 0.2) is 134 Å². The Kier molecular flexibility index (Phi) is 57.4. The lowest BCUT2D eigenvalue weighted by atomic mass is 10.1. The van der Waals surface area contributed by atoms with Crippen molar-refractivity contribution in [3.63, 3.8) is 0 Å². The molecule has 0 fully saturated rings. The Hall–Kier alpha value is -4.45. The minimum atomic E-state index is -0.793. The fourth-order valence-electron chi connectivity index (χ4n) is 7.88. The summed E-state index contributed by atoms with van der Waals surface area (Å²) in [5.41, 5.74) is 0. The molecule has 0 amide bonds. The zero-order valence-corrected chi connectivity index (χ0v) is 47.8. The molecule has 0 bridgehead atoms. The molecule has 1 unspecified atom stereocenters. The van der Waals surface area contributed by atoms with Crippen molar-refractivity contribution in [3.05, 3.63) is 134 Å². The fourth-order valence-corrected chi connectivity index (χ4v) is 7.88. The van der Waals surface area contributed by atoms with Crippen LogP contribution < -0.4 is 0 Å². The highest BCUT2D eigenvalue weighted by atomic mass is 16.6. The molecule has 0 heterocycles. The molecule has 0 radical (unpaired) electrons. The van der Waals surface area contributed by atoms with E-state index in [1.54, 1.807) is 0 Å². The first-order valence-corrected chi connectivity index (χ1v) is 30.2. The molecule has 0 aromatic carbocycles. The van der Waals surface area contributed by atoms with Gasteiger partial charge in [0.25, 0.3) is 0 Å². The molecule has 418 valence electrons. The summed E-state index contributed by atoms with van der Waals surface area (Å²) in [6.45, 7) is 6.43. The lowest BCUT2D eigenvalue weighted by molar-refractivity contribution is -0.167. The predicted octanol–water partition coefficient (Wildman–Crippen LogP) is 20.6. The quantitative estimate of drug-likeness (QED) is 0.0261. The van der Waals surface area contributed by atoms with Crippen molar-refractivity contribution in [2.24, 2.45) is 0 Å². The van der Waals surface area contributed by atoms with E-state index >= 15 is 0 Å². The molecule has 6 heteroatoms. The summed E-state index contributed by atoms with van der Waals surface area (Å²) in [7, 11) is 0. The van der Waals surface area contributed by atoms with Gasteiger partial charge in [0.1, 0.15) is 13.2 Å². The standard InChI is InChI=1S/C68H110O6/c1-4-7-10-13-16-18-20-22-24-25-26-27-28-29-30-31-32-33-34-35-36-37-38-39-40-41-42-43-44-46-47-49-52-55-58-61-67(70)73-64-65(63-72-66(69)60-57-54-51-15-12-9-6-3)74-68(71)62-59-56-53-50-48-45-23-21-19-17-14-11-8-5-2/h7,10,16,18,21-24,26-27,29-30,32-33,35-36,38-39,41-42,44,46,65H,4-6,8-9,11-15,17,19-20,25,28,31,34,37,40,43,45,47-64H2,1-3H3/b10-7-,18-16-,23-21-,24-22-,27-26-,30-29-,33-32-,36-35-,39-38-,42-41-,46-44-. The van der Waals surface area contributed by atoms with E-state index in [-0.39, 0.29) is 31.1 Å². The molecule has 0 aliphatic rings. The molecule has 1 atom stereocenters. The number of hydrogen-bond acceptors (Lipinski definition) is 6. The number of carbonyl (C=O) groups excluding carboxylic acids is 3. The van der Waals surface area contributed by atoms with Crippen LogP contribution in [0.2, 0.25) is 0 Å². The van der Waals surface area contributed by atoms with Crippen molar-refractivity contribution in [1.29, 1.82) is 0 Å². The second-order valence-corrected chi connectivity index (χ2v) is 19.5. The summed E-state index contributed by atoms with van der Waals surface area (Å²) < 4.78 is 16.7. The Labute approximate surface area is 455 Å². The average molecular weight is 1020 g/mol. The molecule has 0 aromatic rings. The molecule has 0 saturated heterocycles. The van der Waals surface area contributed by atoms with Gasteiger partial charge >= 0.3 is 17.9 Å². The van der Waals surface area contributed by atoms with E-state index in [1.807, 2.05) is 0 Å². The Balaban J connectivity index is 4.19. The van der Waals surface area contributed by atoms with Crippen LogP contribution in [0, 0.1) is 0 Å². The molecular weight excluding hydrogens is 913 g/mol. The minimum absolute atomic E-state index is 0.0912. The maximum atomic E-state index is 12.8. The van der Waals surface area contributed by atoms with Crippen molar-refractivity contribution in [3.8, 4) is 0 Å². The molecule has 0 N–H and O–H groups in total. The van der Waals surface area contributed by atoms with Crippen molar-refractivity contribution in [2.75, 3.05) is 13.2 Å². The lowest BCUT2D eigenvalue weighted by Gasteiger charge is -2.18. The highest BCUT2D eigenvalue weighted by molar-refractivity contribution is 5.71. The van der Waals surface area contributed by atoms with Crippen LogP contribution >= 0.6 is 0 Å². The largest absolute Gasteiger partial charge is 0.462 e. The van der Waals surface area contributed by atoms with Gasteiger partial charge in [0.05, 0.1) is 0 Å². The summed E-state index contributed by atoms with van der Waals surface area (Å²) >= 11 is 0. The van der Waals surface area contributed by atoms with Gasteiger partial charge in [-0.3, -0.25) is 14.4 Å². The van der Waals surface area contributed by atoms with E-state index in [4.69, 9.17) is 14.2 Å². The second kappa shape index (κ2) is 61.1. The van der Waals surface area contributed by atoms with Crippen molar-refractivity contribution in [1.82, 2.24) is 0 Å². The molecular formula is C68H110O6. The van der Waals surface area contributed by atoms with Gasteiger partial charge in [-0.05, 0) is 122 Å². The fraction of sp³-hybridized carbons (Fsp3) is 0.632. The normalized spacial score (nSPS) is 13.1. The third-order valence-electron chi connectivity index (χ3n) is 12.4. The van der Waals surface area contributed by atoms with Gasteiger partial charge in [-0.1, -0.05) is 251 Å². The van der Waals surface area contributed by atoms with Crippen LogP contribution in [-0.4, -0.2) is 37.2 Å². The van der Waals surface area contributed by atoms with Gasteiger partial charge in [0, 0.05) is 19.3 Å². The van der Waals surface area contributed by atoms with Crippen LogP contribution in [0.1, 0.15) is 258 Å². The monoisotopic (exact) mass is 1020 g/mol. The highest BCUT2D eigenvalue weighted by Gasteiger charge is 2.19. The van der Waals surface area contributed by atoms with Gasteiger partial charge in [-0.2, -0.15) is 0 Å². The van der Waals surface area contributed by atoms with Gasteiger partial charge in [-0.15, -0.1) is 0 Å². The Morgan fingerprint density at radius 3 is 0.838 bits per heavy atom. The lowest BCUT2D eigenvalue weighted by Crippen LogP contribution is -2.30. The molecule has 0 saturated carbocycles. The third kappa shape index (κ3) is 58.4. The number of carbonyl (C=O) groups is 3. The van der Waals surface area contributed by atoms with E-state index in [1.165, 1.54) is 70.6 Å². The van der Waals surface area contributed by atoms with Crippen LogP contribution in [0.25, 0.3) is 0 Å². The molecule has 0 aromatic heterocycles. The molecule has 0 rings (SSSR count). The number of allylic oxidation sites excluding steroid dienone is 22. The summed E-state index contributed by atoms with van der Waals surface area (Å²) in [4.78, 5) is 37.9. The van der Waals surface area contributed by atoms with Crippen LogP contribution in [0.4, 0.5) is 0 Å².